The van der Waals surface area contributed by atoms with E-state index >= 15 is 0 Å². The first-order valence-electron chi connectivity index (χ1n) is 8.39. The molecule has 2 atom stereocenters. The van der Waals surface area contributed by atoms with Crippen LogP contribution in [0.25, 0.3) is 11.5 Å². The van der Waals surface area contributed by atoms with Crippen molar-refractivity contribution >= 4 is 17.5 Å². The molecule has 5 heterocycles. The number of carbonyl (C=O) groups is 1. The summed E-state index contributed by atoms with van der Waals surface area (Å²) in [6.45, 7) is 4.47. The maximum absolute atomic E-state index is 12.6. The zero-order chi connectivity index (χ0) is 16.7. The second-order valence-electron chi connectivity index (χ2n) is 6.61. The number of rotatable bonds is 3. The molecule has 3 saturated heterocycles. The van der Waals surface area contributed by atoms with E-state index in [2.05, 4.69) is 22.1 Å². The summed E-state index contributed by atoms with van der Waals surface area (Å²) < 4.78 is 5.70. The molecule has 0 unspecified atom stereocenters. The summed E-state index contributed by atoms with van der Waals surface area (Å²) in [6.07, 6.45) is 3.96. The molecule has 3 fully saturated rings. The Labute approximate surface area is 146 Å². The fourth-order valence-corrected chi connectivity index (χ4v) is 4.14. The molecule has 24 heavy (non-hydrogen) atoms. The number of halogens is 1. The van der Waals surface area contributed by atoms with Crippen molar-refractivity contribution in [3.8, 4) is 11.5 Å². The molecule has 0 saturated carbocycles. The normalized spacial score (nSPS) is 28.8. The van der Waals surface area contributed by atoms with E-state index in [1.165, 1.54) is 0 Å². The molecule has 5 rings (SSSR count). The lowest BCUT2D eigenvalue weighted by Crippen LogP contribution is -2.62. The molecule has 0 radical (unpaired) electrons. The summed E-state index contributed by atoms with van der Waals surface area (Å²) >= 11 is 6.14. The van der Waals surface area contributed by atoms with Crippen LogP contribution in [0.4, 0.5) is 0 Å². The van der Waals surface area contributed by atoms with Gasteiger partial charge in [-0.05, 0) is 63.0 Å². The third-order valence-corrected chi connectivity index (χ3v) is 5.60. The Bertz CT molecular complexity index is 750. The van der Waals surface area contributed by atoms with E-state index in [9.17, 15) is 4.79 Å². The van der Waals surface area contributed by atoms with Crippen LogP contribution in [0.2, 0.25) is 5.02 Å². The lowest BCUT2D eigenvalue weighted by molar-refractivity contribution is 0.0211. The van der Waals surface area contributed by atoms with E-state index in [1.807, 2.05) is 0 Å². The van der Waals surface area contributed by atoms with E-state index < -0.39 is 0 Å². The van der Waals surface area contributed by atoms with E-state index in [-0.39, 0.29) is 11.9 Å². The van der Waals surface area contributed by atoms with Crippen LogP contribution in [-0.4, -0.2) is 41.0 Å². The molecule has 1 N–H and O–H groups in total. The summed E-state index contributed by atoms with van der Waals surface area (Å²) in [5.74, 6) is 1.20. The second kappa shape index (κ2) is 6.22. The summed E-state index contributed by atoms with van der Waals surface area (Å²) in [5.41, 5.74) is 0.550. The van der Waals surface area contributed by atoms with Crippen molar-refractivity contribution in [2.45, 2.75) is 31.8 Å². The lowest BCUT2D eigenvalue weighted by atomic mass is 9.79. The van der Waals surface area contributed by atoms with Crippen LogP contribution < -0.4 is 5.32 Å². The zero-order valence-electron chi connectivity index (χ0n) is 13.5. The Kier molecular flexibility index (Phi) is 4.06. The number of aromatic nitrogens is 1. The van der Waals surface area contributed by atoms with Crippen LogP contribution in [-0.2, 0) is 0 Å². The Morgan fingerprint density at radius 1 is 1.33 bits per heavy atom. The van der Waals surface area contributed by atoms with Gasteiger partial charge in [-0.2, -0.15) is 0 Å². The highest BCUT2D eigenvalue weighted by Crippen LogP contribution is 2.32. The number of fused-ring (bicyclic) bond motifs is 3. The van der Waals surface area contributed by atoms with Crippen LogP contribution in [0.5, 0.6) is 0 Å². The fourth-order valence-electron chi connectivity index (χ4n) is 3.92. The summed E-state index contributed by atoms with van der Waals surface area (Å²) in [6, 6.07) is 7.50. The van der Waals surface area contributed by atoms with Crippen LogP contribution in [0.3, 0.4) is 0 Å². The number of hydrogen-bond acceptors (Lipinski definition) is 4. The lowest BCUT2D eigenvalue weighted by Gasteiger charge is -2.49. The molecule has 0 spiro atoms. The first-order valence-corrected chi connectivity index (χ1v) is 8.77. The number of piperidine rings is 3. The molecule has 6 heteroatoms. The molecule has 2 bridgehead atoms. The van der Waals surface area contributed by atoms with Gasteiger partial charge in [0.15, 0.2) is 11.5 Å². The molecule has 2 aromatic heterocycles. The van der Waals surface area contributed by atoms with E-state index in [1.54, 1.807) is 30.5 Å². The number of nitrogens with one attached hydrogen (secondary N) is 1. The van der Waals surface area contributed by atoms with Gasteiger partial charge in [0.25, 0.3) is 5.91 Å². The average molecular weight is 346 g/mol. The number of carbonyl (C=O) groups excluding carboxylic acids is 1. The Hall–Kier alpha value is -1.85. The van der Waals surface area contributed by atoms with Crippen molar-refractivity contribution < 1.29 is 9.21 Å². The topological polar surface area (TPSA) is 58.4 Å². The standard InChI is InChI=1S/C18H20ClN3O2/c1-11-16(12-6-9-22(11)10-7-12)21-18(23)15-5-4-14(24-15)17-13(19)3-2-8-20-17/h2-5,8,11-12,16H,6-7,9-10H2,1H3,(H,21,23)/t11-,16-/m0/s1. The Morgan fingerprint density at radius 2 is 2.12 bits per heavy atom. The number of hydrogen-bond donors (Lipinski definition) is 1. The van der Waals surface area contributed by atoms with Crippen molar-refractivity contribution in [1.82, 2.24) is 15.2 Å². The number of pyridine rings is 1. The monoisotopic (exact) mass is 345 g/mol. The third kappa shape index (κ3) is 2.72. The first kappa shape index (κ1) is 15.7. The van der Waals surface area contributed by atoms with Gasteiger partial charge in [0.1, 0.15) is 5.69 Å². The molecule has 0 aromatic carbocycles. The maximum atomic E-state index is 12.6. The first-order chi connectivity index (χ1) is 11.6. The number of furan rings is 1. The average Bonchev–Trinajstić information content (AvgIpc) is 3.09. The van der Waals surface area contributed by atoms with Gasteiger partial charge in [0, 0.05) is 18.3 Å². The number of nitrogens with zero attached hydrogens (tertiary/aromatic N) is 2. The maximum Gasteiger partial charge on any atom is 0.287 e. The van der Waals surface area contributed by atoms with E-state index in [4.69, 9.17) is 16.0 Å². The highest BCUT2D eigenvalue weighted by molar-refractivity contribution is 6.32. The van der Waals surface area contributed by atoms with Crippen molar-refractivity contribution in [3.63, 3.8) is 0 Å². The molecule has 5 nitrogen and oxygen atoms in total. The van der Waals surface area contributed by atoms with Gasteiger partial charge in [0.05, 0.1) is 5.02 Å². The highest BCUT2D eigenvalue weighted by Gasteiger charge is 2.40. The molecule has 126 valence electrons. The quantitative estimate of drug-likeness (QED) is 0.928. The molecular weight excluding hydrogens is 326 g/mol. The largest absolute Gasteiger partial charge is 0.449 e. The van der Waals surface area contributed by atoms with Gasteiger partial charge in [-0.25, -0.2) is 0 Å². The zero-order valence-corrected chi connectivity index (χ0v) is 14.3. The molecule has 3 aliphatic heterocycles. The van der Waals surface area contributed by atoms with Crippen LogP contribution in [0.1, 0.15) is 30.3 Å². The van der Waals surface area contributed by atoms with E-state index in [0.29, 0.717) is 34.2 Å². The predicted octanol–water partition coefficient (Wildman–Crippen LogP) is 3.21. The van der Waals surface area contributed by atoms with Gasteiger partial charge >= 0.3 is 0 Å². The third-order valence-electron chi connectivity index (χ3n) is 5.30. The summed E-state index contributed by atoms with van der Waals surface area (Å²) in [7, 11) is 0. The summed E-state index contributed by atoms with van der Waals surface area (Å²) in [4.78, 5) is 19.3. The minimum Gasteiger partial charge on any atom is -0.449 e. The minimum absolute atomic E-state index is 0.168. The van der Waals surface area contributed by atoms with Crippen molar-refractivity contribution in [1.29, 1.82) is 0 Å². The molecular formula is C18H20ClN3O2. The fraction of sp³-hybridized carbons (Fsp3) is 0.444. The van der Waals surface area contributed by atoms with Crippen molar-refractivity contribution in [2.75, 3.05) is 13.1 Å². The van der Waals surface area contributed by atoms with Crippen molar-refractivity contribution in [2.24, 2.45) is 5.92 Å². The minimum atomic E-state index is -0.168. The van der Waals surface area contributed by atoms with Gasteiger partial charge in [-0.3, -0.25) is 14.7 Å². The van der Waals surface area contributed by atoms with Gasteiger partial charge in [-0.1, -0.05) is 11.6 Å². The SMILES string of the molecule is C[C@H]1[C@H](NC(=O)c2ccc(-c3ncccc3Cl)o2)C2CCN1CC2. The van der Waals surface area contributed by atoms with Crippen LogP contribution >= 0.6 is 11.6 Å². The molecule has 1 amide bonds. The molecule has 0 aliphatic carbocycles. The second-order valence-corrected chi connectivity index (χ2v) is 7.02. The van der Waals surface area contributed by atoms with Gasteiger partial charge in [-0.15, -0.1) is 0 Å². The van der Waals surface area contributed by atoms with Crippen molar-refractivity contribution in [3.05, 3.63) is 41.2 Å². The smallest absolute Gasteiger partial charge is 0.287 e. The van der Waals surface area contributed by atoms with Crippen LogP contribution in [0.15, 0.2) is 34.9 Å². The van der Waals surface area contributed by atoms with Gasteiger partial charge in [0.2, 0.25) is 0 Å². The predicted molar refractivity (Wildman–Crippen MR) is 92.0 cm³/mol. The Morgan fingerprint density at radius 3 is 2.83 bits per heavy atom. The highest BCUT2D eigenvalue weighted by atomic mass is 35.5. The molecule has 2 aromatic rings. The Balaban J connectivity index is 1.51. The van der Waals surface area contributed by atoms with Crippen LogP contribution in [0, 0.1) is 5.92 Å². The summed E-state index contributed by atoms with van der Waals surface area (Å²) in [5, 5.41) is 3.67. The molecule has 3 aliphatic rings. The van der Waals surface area contributed by atoms with Gasteiger partial charge < -0.3 is 9.73 Å². The number of amides is 1. The van der Waals surface area contributed by atoms with E-state index in [0.717, 1.165) is 25.9 Å².